The van der Waals surface area contributed by atoms with E-state index in [0.29, 0.717) is 0 Å². The van der Waals surface area contributed by atoms with Gasteiger partial charge in [0.2, 0.25) is 0 Å². The molecule has 4 saturated carbocycles. The lowest BCUT2D eigenvalue weighted by atomic mass is 9.47. The molecule has 25 heavy (non-hydrogen) atoms. The highest BCUT2D eigenvalue weighted by molar-refractivity contribution is 5.26. The number of hydrogen-bond donors (Lipinski definition) is 0. The highest BCUT2D eigenvalue weighted by atomic mass is 14.6. The average Bonchev–Trinajstić information content (AvgIpc) is 2.70. The fourth-order valence-electron chi connectivity index (χ4n) is 6.87. The Bertz CT molecular complexity index is 534. The minimum atomic E-state index is 0.756. The third kappa shape index (κ3) is 3.31. The van der Waals surface area contributed by atoms with Crippen LogP contribution in [0, 0.1) is 16.7 Å². The molecule has 4 fully saturated rings. The van der Waals surface area contributed by atoms with Crippen LogP contribution in [0.15, 0.2) is 24.3 Å². The summed E-state index contributed by atoms with van der Waals surface area (Å²) in [6.07, 6.45) is 19.3. The zero-order valence-corrected chi connectivity index (χ0v) is 16.7. The maximum absolute atomic E-state index is 2.42. The van der Waals surface area contributed by atoms with Crippen molar-refractivity contribution in [2.45, 2.75) is 103 Å². The van der Waals surface area contributed by atoms with Crippen LogP contribution in [0.25, 0.3) is 0 Å². The highest BCUT2D eigenvalue weighted by Crippen LogP contribution is 2.63. The van der Waals surface area contributed by atoms with Gasteiger partial charge in [-0.05, 0) is 111 Å². The first-order chi connectivity index (χ1) is 12.2. The van der Waals surface area contributed by atoms with E-state index in [1.807, 2.05) is 0 Å². The van der Waals surface area contributed by atoms with Crippen molar-refractivity contribution < 1.29 is 0 Å². The summed E-state index contributed by atoms with van der Waals surface area (Å²) in [4.78, 5) is 0. The molecule has 4 aliphatic carbocycles. The van der Waals surface area contributed by atoms with Crippen molar-refractivity contribution in [3.05, 3.63) is 35.4 Å². The van der Waals surface area contributed by atoms with Crippen LogP contribution in [-0.2, 0) is 6.42 Å². The van der Waals surface area contributed by atoms with Crippen LogP contribution in [0.5, 0.6) is 0 Å². The molecule has 0 saturated heterocycles. The smallest absolute Gasteiger partial charge is 0.0162 e. The fraction of sp³-hybridized carbons (Fsp3) is 0.760. The van der Waals surface area contributed by atoms with Crippen molar-refractivity contribution in [1.82, 2.24) is 0 Å². The maximum Gasteiger partial charge on any atom is -0.0162 e. The van der Waals surface area contributed by atoms with E-state index in [2.05, 4.69) is 38.1 Å². The number of hydrogen-bond acceptors (Lipinski definition) is 0. The van der Waals surface area contributed by atoms with E-state index >= 15 is 0 Å². The van der Waals surface area contributed by atoms with Gasteiger partial charge in [0.15, 0.2) is 0 Å². The molecule has 0 N–H and O–H groups in total. The van der Waals surface area contributed by atoms with Crippen molar-refractivity contribution in [1.29, 1.82) is 0 Å². The average molecular weight is 339 g/mol. The van der Waals surface area contributed by atoms with Gasteiger partial charge in [-0.15, -0.1) is 0 Å². The second kappa shape index (κ2) is 7.09. The van der Waals surface area contributed by atoms with Crippen LogP contribution in [0.3, 0.4) is 0 Å². The van der Waals surface area contributed by atoms with Gasteiger partial charge in [0.05, 0.1) is 0 Å². The molecule has 0 amide bonds. The molecular weight excluding hydrogens is 300 g/mol. The van der Waals surface area contributed by atoms with Crippen LogP contribution in [-0.4, -0.2) is 0 Å². The van der Waals surface area contributed by atoms with Crippen molar-refractivity contribution in [3.63, 3.8) is 0 Å². The Morgan fingerprint density at radius 3 is 1.92 bits per heavy atom. The quantitative estimate of drug-likeness (QED) is 0.517. The molecule has 0 aromatic heterocycles. The lowest BCUT2D eigenvalue weighted by Gasteiger charge is -2.58. The Morgan fingerprint density at radius 2 is 1.40 bits per heavy atom. The predicted octanol–water partition coefficient (Wildman–Crippen LogP) is 7.66. The summed E-state index contributed by atoms with van der Waals surface area (Å²) in [6, 6.07) is 9.55. The maximum atomic E-state index is 2.42. The van der Waals surface area contributed by atoms with E-state index in [0.717, 1.165) is 29.1 Å². The number of rotatable bonds is 5. The first-order valence-electron chi connectivity index (χ1n) is 11.3. The van der Waals surface area contributed by atoms with Gasteiger partial charge < -0.3 is 0 Å². The van der Waals surface area contributed by atoms with E-state index in [4.69, 9.17) is 0 Å². The summed E-state index contributed by atoms with van der Waals surface area (Å²) in [5.74, 6) is 1.88. The Labute approximate surface area is 155 Å². The van der Waals surface area contributed by atoms with E-state index in [-0.39, 0.29) is 0 Å². The van der Waals surface area contributed by atoms with Gasteiger partial charge in [0.1, 0.15) is 0 Å². The molecule has 4 aliphatic rings. The number of aryl methyl sites for hydroxylation is 1. The second-order valence-corrected chi connectivity index (χ2v) is 9.76. The predicted molar refractivity (Wildman–Crippen MR) is 108 cm³/mol. The third-order valence-electron chi connectivity index (χ3n) is 8.69. The molecule has 0 unspecified atom stereocenters. The molecule has 138 valence electrons. The van der Waals surface area contributed by atoms with Gasteiger partial charge in [-0.3, -0.25) is 0 Å². The lowest BCUT2D eigenvalue weighted by molar-refractivity contribution is -0.0624. The van der Waals surface area contributed by atoms with Crippen LogP contribution in [0.2, 0.25) is 0 Å². The summed E-state index contributed by atoms with van der Waals surface area (Å²) >= 11 is 0. The largest absolute Gasteiger partial charge is 0.0654 e. The molecule has 0 heteroatoms. The molecule has 0 aliphatic heterocycles. The van der Waals surface area contributed by atoms with Crippen LogP contribution in [0.4, 0.5) is 0 Å². The molecule has 0 spiro atoms. The molecule has 1 aromatic rings. The third-order valence-corrected chi connectivity index (χ3v) is 8.69. The minimum Gasteiger partial charge on any atom is -0.0654 e. The first-order valence-corrected chi connectivity index (χ1v) is 11.3. The summed E-state index contributed by atoms with van der Waals surface area (Å²) in [7, 11) is 0. The molecule has 5 rings (SSSR count). The first kappa shape index (κ1) is 17.6. The van der Waals surface area contributed by atoms with Crippen LogP contribution in [0.1, 0.15) is 108 Å². The van der Waals surface area contributed by atoms with E-state index in [1.165, 1.54) is 44.1 Å². The molecule has 0 nitrogen and oxygen atoms in total. The molecule has 2 bridgehead atoms. The van der Waals surface area contributed by atoms with Crippen molar-refractivity contribution >= 4 is 0 Å². The highest BCUT2D eigenvalue weighted by Gasteiger charge is 2.51. The molecule has 0 atom stereocenters. The Kier molecular flexibility index (Phi) is 5.00. The van der Waals surface area contributed by atoms with Crippen molar-refractivity contribution in [3.8, 4) is 0 Å². The van der Waals surface area contributed by atoms with E-state index < -0.39 is 0 Å². The Hall–Kier alpha value is -0.780. The zero-order chi connectivity index (χ0) is 17.3. The summed E-state index contributed by atoms with van der Waals surface area (Å²) in [5.41, 5.74) is 4.63. The van der Waals surface area contributed by atoms with Gasteiger partial charge in [-0.1, -0.05) is 44.5 Å². The van der Waals surface area contributed by atoms with Gasteiger partial charge in [0.25, 0.3) is 0 Å². The Balaban J connectivity index is 1.36. The summed E-state index contributed by atoms with van der Waals surface area (Å²) < 4.78 is 0. The Morgan fingerprint density at radius 1 is 0.800 bits per heavy atom. The molecule has 0 heterocycles. The van der Waals surface area contributed by atoms with E-state index in [9.17, 15) is 0 Å². The lowest BCUT2D eigenvalue weighted by Crippen LogP contribution is -2.46. The van der Waals surface area contributed by atoms with Crippen LogP contribution >= 0.6 is 0 Å². The molecular formula is C25H38. The number of fused-ring (bicyclic) bond motifs is 3. The van der Waals surface area contributed by atoms with Gasteiger partial charge >= 0.3 is 0 Å². The van der Waals surface area contributed by atoms with Gasteiger partial charge in [-0.2, -0.15) is 0 Å². The summed E-state index contributed by atoms with van der Waals surface area (Å²) in [5, 5.41) is 0. The van der Waals surface area contributed by atoms with Crippen molar-refractivity contribution in [2.75, 3.05) is 0 Å². The standard InChI is InChI=1S/C25H38/c1-3-13-24-14-17-25(18-15-24,19-16-24)23-11-9-22(10-12-23)21-7-5-20(4-2)6-8-21/h5-8,22-23H,3-4,9-19H2,1-2H3. The SMILES string of the molecule is CCCC12CCC(C3CCC(c4ccc(CC)cc4)CC3)(CC1)CC2. The minimum absolute atomic E-state index is 0.756. The van der Waals surface area contributed by atoms with Crippen LogP contribution < -0.4 is 0 Å². The van der Waals surface area contributed by atoms with E-state index in [1.54, 1.807) is 44.1 Å². The topological polar surface area (TPSA) is 0 Å². The normalized spacial score (nSPS) is 38.0. The zero-order valence-electron chi connectivity index (χ0n) is 16.7. The summed E-state index contributed by atoms with van der Waals surface area (Å²) in [6.45, 7) is 4.64. The molecule has 1 aromatic carbocycles. The molecule has 0 radical (unpaired) electrons. The van der Waals surface area contributed by atoms with Gasteiger partial charge in [0, 0.05) is 0 Å². The van der Waals surface area contributed by atoms with Gasteiger partial charge in [-0.25, -0.2) is 0 Å². The second-order valence-electron chi connectivity index (χ2n) is 9.76. The van der Waals surface area contributed by atoms with Crippen molar-refractivity contribution in [2.24, 2.45) is 16.7 Å². The fourth-order valence-corrected chi connectivity index (χ4v) is 6.87. The number of benzene rings is 1. The monoisotopic (exact) mass is 338 g/mol.